The molecule has 21 heavy (non-hydrogen) atoms. The topological polar surface area (TPSA) is 37.3 Å². The van der Waals surface area contributed by atoms with Gasteiger partial charge in [-0.2, -0.15) is 0 Å². The normalized spacial score (nSPS) is 18.2. The number of pyridine rings is 1. The van der Waals surface area contributed by atoms with Gasteiger partial charge in [0.05, 0.1) is 23.9 Å². The summed E-state index contributed by atoms with van der Waals surface area (Å²) < 4.78 is 0. The highest BCUT2D eigenvalue weighted by Crippen LogP contribution is 2.31. The quantitative estimate of drug-likeness (QED) is 0.899. The zero-order valence-electron chi connectivity index (χ0n) is 12.5. The van der Waals surface area contributed by atoms with E-state index in [9.17, 15) is 0 Å². The van der Waals surface area contributed by atoms with E-state index in [1.807, 2.05) is 36.2 Å². The number of hydrogen-bond acceptors (Lipinski definition) is 4. The van der Waals surface area contributed by atoms with E-state index >= 15 is 0 Å². The van der Waals surface area contributed by atoms with Gasteiger partial charge in [-0.1, -0.05) is 56.7 Å². The van der Waals surface area contributed by atoms with Crippen LogP contribution in [0.1, 0.15) is 26.7 Å². The maximum Gasteiger partial charge on any atom is 0.161 e. The smallest absolute Gasteiger partial charge is 0.161 e. The van der Waals surface area contributed by atoms with Gasteiger partial charge in [0.15, 0.2) is 5.17 Å². The highest BCUT2D eigenvalue weighted by Gasteiger charge is 2.25. The minimum absolute atomic E-state index is 0.621. The van der Waals surface area contributed by atoms with Gasteiger partial charge < -0.3 is 5.32 Å². The van der Waals surface area contributed by atoms with E-state index in [2.05, 4.69) is 41.3 Å². The summed E-state index contributed by atoms with van der Waals surface area (Å²) in [6.07, 6.45) is 4.35. The van der Waals surface area contributed by atoms with E-state index in [1.165, 1.54) is 12.8 Å². The van der Waals surface area contributed by atoms with Crippen molar-refractivity contribution in [3.63, 3.8) is 0 Å². The van der Waals surface area contributed by atoms with Crippen molar-refractivity contribution >= 4 is 33.5 Å². The highest BCUT2D eigenvalue weighted by atomic mass is 32.2. The summed E-state index contributed by atoms with van der Waals surface area (Å²) in [6, 6.07) is 10.3. The number of aliphatic imine (C=N–C) groups is 1. The molecule has 0 saturated carbocycles. The summed E-state index contributed by atoms with van der Waals surface area (Å²) in [5, 5.41) is 6.22. The molecule has 0 fully saturated rings. The maximum absolute atomic E-state index is 4.65. The lowest BCUT2D eigenvalue weighted by atomic mass is 9.99. The molecule has 110 valence electrons. The maximum atomic E-state index is 4.65. The number of hydrogen-bond donors (Lipinski definition) is 1. The van der Waals surface area contributed by atoms with Crippen molar-refractivity contribution in [3.8, 4) is 0 Å². The number of para-hydroxylation sites is 1. The van der Waals surface area contributed by atoms with Gasteiger partial charge in [0.2, 0.25) is 0 Å². The Bertz CT molecular complexity index is 649. The molecule has 1 N–H and O–H groups in total. The van der Waals surface area contributed by atoms with Crippen molar-refractivity contribution in [2.45, 2.75) is 31.9 Å². The fraction of sp³-hybridized carbons (Fsp3) is 0.412. The molecule has 1 unspecified atom stereocenters. The summed E-state index contributed by atoms with van der Waals surface area (Å²) in [6.45, 7) is 5.47. The second-order valence-electron chi connectivity index (χ2n) is 5.42. The van der Waals surface area contributed by atoms with Crippen molar-refractivity contribution < 1.29 is 0 Å². The molecule has 3 rings (SSSR count). The van der Waals surface area contributed by atoms with Crippen LogP contribution < -0.4 is 5.32 Å². The van der Waals surface area contributed by atoms with Crippen molar-refractivity contribution in [3.05, 3.63) is 36.5 Å². The van der Waals surface area contributed by atoms with E-state index in [-0.39, 0.29) is 0 Å². The number of nitrogens with zero attached hydrogens (tertiary/aromatic N) is 2. The Kier molecular flexibility index (Phi) is 4.44. The van der Waals surface area contributed by atoms with Gasteiger partial charge in [-0.3, -0.25) is 9.98 Å². The Balaban J connectivity index is 1.69. The van der Waals surface area contributed by atoms with E-state index in [0.29, 0.717) is 5.25 Å². The molecule has 0 amide bonds. The number of aromatic nitrogens is 1. The highest BCUT2D eigenvalue weighted by molar-refractivity contribution is 8.15. The van der Waals surface area contributed by atoms with Crippen LogP contribution in [0.25, 0.3) is 10.9 Å². The van der Waals surface area contributed by atoms with E-state index < -0.39 is 0 Å². The summed E-state index contributed by atoms with van der Waals surface area (Å²) in [5.74, 6) is 0.757. The van der Waals surface area contributed by atoms with Crippen LogP contribution in [-0.4, -0.2) is 21.9 Å². The molecule has 1 aromatic heterocycles. The monoisotopic (exact) mass is 299 g/mol. The number of amidine groups is 1. The third-order valence-electron chi connectivity index (χ3n) is 4.09. The van der Waals surface area contributed by atoms with Crippen LogP contribution in [-0.2, 0) is 0 Å². The van der Waals surface area contributed by atoms with Crippen LogP contribution in [0.4, 0.5) is 5.69 Å². The Hall–Kier alpha value is -1.55. The van der Waals surface area contributed by atoms with E-state index in [0.717, 1.165) is 34.2 Å². The lowest BCUT2D eigenvalue weighted by Gasteiger charge is -2.18. The van der Waals surface area contributed by atoms with E-state index in [1.54, 1.807) is 0 Å². The number of fused-ring (bicyclic) bond motifs is 1. The summed E-state index contributed by atoms with van der Waals surface area (Å²) in [4.78, 5) is 9.13. The van der Waals surface area contributed by atoms with Crippen LogP contribution in [0.3, 0.4) is 0 Å². The van der Waals surface area contributed by atoms with Crippen molar-refractivity contribution in [2.24, 2.45) is 10.9 Å². The molecule has 1 atom stereocenters. The first-order valence-corrected chi connectivity index (χ1v) is 8.51. The predicted molar refractivity (Wildman–Crippen MR) is 93.1 cm³/mol. The Labute approximate surface area is 130 Å². The SMILES string of the molecule is CCC(CC)C1CN=C(Nc2cnc3ccccc3c2)S1. The first kappa shape index (κ1) is 14.4. The number of benzene rings is 1. The molecule has 0 saturated heterocycles. The van der Waals surface area contributed by atoms with Crippen LogP contribution >= 0.6 is 11.8 Å². The van der Waals surface area contributed by atoms with Gasteiger partial charge in [-0.05, 0) is 18.1 Å². The first-order valence-electron chi connectivity index (χ1n) is 7.63. The Morgan fingerprint density at radius 2 is 2.10 bits per heavy atom. The number of thioether (sulfide) groups is 1. The Morgan fingerprint density at radius 3 is 2.90 bits per heavy atom. The molecule has 0 radical (unpaired) electrons. The fourth-order valence-electron chi connectivity index (χ4n) is 2.78. The van der Waals surface area contributed by atoms with Gasteiger partial charge in [0, 0.05) is 10.6 Å². The summed E-state index contributed by atoms with van der Waals surface area (Å²) in [5.41, 5.74) is 2.05. The summed E-state index contributed by atoms with van der Waals surface area (Å²) >= 11 is 1.88. The minimum atomic E-state index is 0.621. The third-order valence-corrected chi connectivity index (χ3v) is 5.39. The number of nitrogens with one attached hydrogen (secondary N) is 1. The van der Waals surface area contributed by atoms with E-state index in [4.69, 9.17) is 0 Å². The van der Waals surface area contributed by atoms with Gasteiger partial charge >= 0.3 is 0 Å². The Morgan fingerprint density at radius 1 is 1.29 bits per heavy atom. The first-order chi connectivity index (χ1) is 10.3. The molecule has 0 spiro atoms. The zero-order chi connectivity index (χ0) is 14.7. The predicted octanol–water partition coefficient (Wildman–Crippen LogP) is 4.55. The summed E-state index contributed by atoms with van der Waals surface area (Å²) in [7, 11) is 0. The molecule has 1 aliphatic heterocycles. The lowest BCUT2D eigenvalue weighted by Crippen LogP contribution is -2.17. The van der Waals surface area contributed by atoms with Crippen LogP contribution in [0.15, 0.2) is 41.5 Å². The second-order valence-corrected chi connectivity index (χ2v) is 6.65. The fourth-order valence-corrected chi connectivity index (χ4v) is 4.12. The molecule has 0 aliphatic carbocycles. The molecular formula is C17H21N3S. The number of anilines is 1. The molecule has 1 aromatic carbocycles. The molecule has 0 bridgehead atoms. The standard InChI is InChI=1S/C17H21N3S/c1-3-12(4-2)16-11-19-17(21-16)20-14-9-13-7-5-6-8-15(13)18-10-14/h5-10,12,16H,3-4,11H2,1-2H3,(H,19,20). The molecule has 4 heteroatoms. The average Bonchev–Trinajstić information content (AvgIpc) is 2.97. The third kappa shape index (κ3) is 3.21. The largest absolute Gasteiger partial charge is 0.334 e. The van der Waals surface area contributed by atoms with Crippen LogP contribution in [0.2, 0.25) is 0 Å². The van der Waals surface area contributed by atoms with Crippen LogP contribution in [0.5, 0.6) is 0 Å². The number of rotatable bonds is 4. The lowest BCUT2D eigenvalue weighted by molar-refractivity contribution is 0.479. The van der Waals surface area contributed by atoms with Gasteiger partial charge in [-0.15, -0.1) is 0 Å². The molecular weight excluding hydrogens is 278 g/mol. The van der Waals surface area contributed by atoms with Gasteiger partial charge in [0.25, 0.3) is 0 Å². The van der Waals surface area contributed by atoms with Crippen LogP contribution in [0, 0.1) is 5.92 Å². The van der Waals surface area contributed by atoms with Crippen molar-refractivity contribution in [2.75, 3.05) is 11.9 Å². The average molecular weight is 299 g/mol. The van der Waals surface area contributed by atoms with Gasteiger partial charge in [-0.25, -0.2) is 0 Å². The van der Waals surface area contributed by atoms with Crippen molar-refractivity contribution in [1.29, 1.82) is 0 Å². The molecule has 2 heterocycles. The zero-order valence-corrected chi connectivity index (χ0v) is 13.4. The molecule has 2 aromatic rings. The second kappa shape index (κ2) is 6.48. The molecule has 3 nitrogen and oxygen atoms in total. The minimum Gasteiger partial charge on any atom is -0.334 e. The van der Waals surface area contributed by atoms with Gasteiger partial charge in [0.1, 0.15) is 0 Å². The molecule has 1 aliphatic rings. The van der Waals surface area contributed by atoms with Crippen molar-refractivity contribution in [1.82, 2.24) is 4.98 Å².